The molecule has 100 valence electrons. The minimum absolute atomic E-state index is 0.184. The first-order valence-corrected chi connectivity index (χ1v) is 6.04. The van der Waals surface area contributed by atoms with E-state index in [9.17, 15) is 9.50 Å². The number of aliphatic hydroxyl groups excluding tert-OH is 1. The van der Waals surface area contributed by atoms with Crippen LogP contribution in [0.5, 0.6) is 5.75 Å². The minimum atomic E-state index is -0.655. The van der Waals surface area contributed by atoms with Crippen molar-refractivity contribution in [2.45, 2.75) is 12.7 Å². The van der Waals surface area contributed by atoms with Crippen molar-refractivity contribution in [2.75, 3.05) is 6.54 Å². The summed E-state index contributed by atoms with van der Waals surface area (Å²) in [6, 6.07) is 13.3. The van der Waals surface area contributed by atoms with Gasteiger partial charge in [0.2, 0.25) is 0 Å². The Kier molecular flexibility index (Phi) is 4.49. The van der Waals surface area contributed by atoms with Gasteiger partial charge < -0.3 is 15.6 Å². The second-order valence-corrected chi connectivity index (χ2v) is 4.24. The van der Waals surface area contributed by atoms with Crippen LogP contribution in [0.25, 0.3) is 0 Å². The fourth-order valence-corrected chi connectivity index (χ4v) is 1.72. The van der Waals surface area contributed by atoms with E-state index in [4.69, 9.17) is 10.5 Å². The number of halogens is 1. The Hall–Kier alpha value is -1.91. The zero-order chi connectivity index (χ0) is 13.7. The normalized spacial score (nSPS) is 12.2. The van der Waals surface area contributed by atoms with E-state index < -0.39 is 6.10 Å². The Balaban J connectivity index is 1.96. The van der Waals surface area contributed by atoms with Crippen LogP contribution < -0.4 is 10.5 Å². The Labute approximate surface area is 111 Å². The van der Waals surface area contributed by atoms with Crippen molar-refractivity contribution in [2.24, 2.45) is 5.73 Å². The van der Waals surface area contributed by atoms with Gasteiger partial charge in [-0.15, -0.1) is 0 Å². The van der Waals surface area contributed by atoms with Crippen molar-refractivity contribution in [3.8, 4) is 5.75 Å². The van der Waals surface area contributed by atoms with Crippen LogP contribution >= 0.6 is 0 Å². The fourth-order valence-electron chi connectivity index (χ4n) is 1.72. The van der Waals surface area contributed by atoms with Gasteiger partial charge in [0, 0.05) is 6.54 Å². The lowest BCUT2D eigenvalue weighted by atomic mass is 10.1. The summed E-state index contributed by atoms with van der Waals surface area (Å²) in [7, 11) is 0. The van der Waals surface area contributed by atoms with Crippen molar-refractivity contribution in [3.05, 3.63) is 65.5 Å². The van der Waals surface area contributed by atoms with Crippen molar-refractivity contribution >= 4 is 0 Å². The second-order valence-electron chi connectivity index (χ2n) is 4.24. The molecule has 3 nitrogen and oxygen atoms in total. The van der Waals surface area contributed by atoms with Gasteiger partial charge in [-0.2, -0.15) is 0 Å². The summed E-state index contributed by atoms with van der Waals surface area (Å²) in [5, 5.41) is 9.55. The first-order valence-electron chi connectivity index (χ1n) is 6.04. The Morgan fingerprint density at radius 2 is 1.89 bits per heavy atom. The molecule has 0 aliphatic heterocycles. The molecule has 0 aromatic heterocycles. The summed E-state index contributed by atoms with van der Waals surface area (Å²) >= 11 is 0. The van der Waals surface area contributed by atoms with Gasteiger partial charge in [-0.1, -0.05) is 24.3 Å². The summed E-state index contributed by atoms with van der Waals surface area (Å²) < 4.78 is 18.5. The van der Waals surface area contributed by atoms with E-state index in [1.807, 2.05) is 0 Å². The molecule has 0 heterocycles. The lowest BCUT2D eigenvalue weighted by Crippen LogP contribution is -2.11. The summed E-state index contributed by atoms with van der Waals surface area (Å²) in [4.78, 5) is 0. The SMILES string of the molecule is NCC(O)c1ccc(OCc2cccc(F)c2)cc1. The second kappa shape index (κ2) is 6.31. The van der Waals surface area contributed by atoms with Gasteiger partial charge in [-0.05, 0) is 35.4 Å². The highest BCUT2D eigenvalue weighted by atomic mass is 19.1. The third-order valence-corrected chi connectivity index (χ3v) is 2.78. The first-order chi connectivity index (χ1) is 9.19. The van der Waals surface area contributed by atoms with Gasteiger partial charge in [0.25, 0.3) is 0 Å². The number of ether oxygens (including phenoxy) is 1. The maximum atomic E-state index is 13.0. The molecule has 0 aliphatic carbocycles. The quantitative estimate of drug-likeness (QED) is 0.869. The molecule has 0 amide bonds. The van der Waals surface area contributed by atoms with E-state index in [1.54, 1.807) is 36.4 Å². The lowest BCUT2D eigenvalue weighted by molar-refractivity contribution is 0.186. The molecule has 2 aromatic rings. The van der Waals surface area contributed by atoms with E-state index in [-0.39, 0.29) is 12.4 Å². The number of hydrogen-bond donors (Lipinski definition) is 2. The molecule has 2 rings (SSSR count). The average Bonchev–Trinajstić information content (AvgIpc) is 2.45. The first kappa shape index (κ1) is 13.5. The monoisotopic (exact) mass is 261 g/mol. The van der Waals surface area contributed by atoms with Crippen LogP contribution in [0, 0.1) is 5.82 Å². The lowest BCUT2D eigenvalue weighted by Gasteiger charge is -2.10. The summed E-state index contributed by atoms with van der Waals surface area (Å²) in [5.74, 6) is 0.389. The summed E-state index contributed by atoms with van der Waals surface area (Å²) in [6.07, 6.45) is -0.655. The van der Waals surface area contributed by atoms with Crippen LogP contribution in [-0.4, -0.2) is 11.7 Å². The molecule has 0 saturated carbocycles. The van der Waals surface area contributed by atoms with Crippen molar-refractivity contribution < 1.29 is 14.2 Å². The molecule has 0 radical (unpaired) electrons. The van der Waals surface area contributed by atoms with Crippen LogP contribution in [-0.2, 0) is 6.61 Å². The third-order valence-electron chi connectivity index (χ3n) is 2.78. The number of aliphatic hydroxyl groups is 1. The predicted molar refractivity (Wildman–Crippen MR) is 71.2 cm³/mol. The number of hydrogen-bond acceptors (Lipinski definition) is 3. The molecule has 19 heavy (non-hydrogen) atoms. The van der Waals surface area contributed by atoms with Crippen LogP contribution in [0.4, 0.5) is 4.39 Å². The molecule has 3 N–H and O–H groups in total. The van der Waals surface area contributed by atoms with Crippen LogP contribution in [0.1, 0.15) is 17.2 Å². The number of nitrogens with two attached hydrogens (primary N) is 1. The molecule has 1 atom stereocenters. The molecule has 0 fully saturated rings. The van der Waals surface area contributed by atoms with Gasteiger partial charge >= 0.3 is 0 Å². The van der Waals surface area contributed by atoms with Crippen molar-refractivity contribution in [1.29, 1.82) is 0 Å². The zero-order valence-electron chi connectivity index (χ0n) is 10.4. The average molecular weight is 261 g/mol. The highest BCUT2D eigenvalue weighted by Gasteiger charge is 2.04. The molecule has 0 bridgehead atoms. The molecule has 0 aliphatic rings. The summed E-state index contributed by atoms with van der Waals surface area (Å²) in [5.41, 5.74) is 6.89. The van der Waals surface area contributed by atoms with Gasteiger partial charge in [0.15, 0.2) is 0 Å². The largest absolute Gasteiger partial charge is 0.489 e. The highest BCUT2D eigenvalue weighted by Crippen LogP contribution is 2.18. The van der Waals surface area contributed by atoms with E-state index in [1.165, 1.54) is 12.1 Å². The van der Waals surface area contributed by atoms with E-state index >= 15 is 0 Å². The molecule has 2 aromatic carbocycles. The van der Waals surface area contributed by atoms with Gasteiger partial charge in [0.1, 0.15) is 18.2 Å². The van der Waals surface area contributed by atoms with E-state index in [0.29, 0.717) is 12.4 Å². The van der Waals surface area contributed by atoms with E-state index in [0.717, 1.165) is 11.1 Å². The zero-order valence-corrected chi connectivity index (χ0v) is 10.4. The maximum absolute atomic E-state index is 13.0. The molecular formula is C15H16FNO2. The smallest absolute Gasteiger partial charge is 0.123 e. The predicted octanol–water partition coefficient (Wildman–Crippen LogP) is 2.40. The summed E-state index contributed by atoms with van der Waals surface area (Å²) in [6.45, 7) is 0.486. The molecule has 1 unspecified atom stereocenters. The number of rotatable bonds is 5. The number of benzene rings is 2. The Bertz CT molecular complexity index is 528. The van der Waals surface area contributed by atoms with Crippen LogP contribution in [0.3, 0.4) is 0 Å². The highest BCUT2D eigenvalue weighted by molar-refractivity contribution is 5.29. The molecular weight excluding hydrogens is 245 g/mol. The van der Waals surface area contributed by atoms with E-state index in [2.05, 4.69) is 0 Å². The minimum Gasteiger partial charge on any atom is -0.489 e. The van der Waals surface area contributed by atoms with Gasteiger partial charge in [-0.3, -0.25) is 0 Å². The van der Waals surface area contributed by atoms with Crippen molar-refractivity contribution in [1.82, 2.24) is 0 Å². The molecule has 0 saturated heterocycles. The molecule has 0 spiro atoms. The Morgan fingerprint density at radius 3 is 2.53 bits per heavy atom. The standard InChI is InChI=1S/C15H16FNO2/c16-13-3-1-2-11(8-13)10-19-14-6-4-12(5-7-14)15(18)9-17/h1-8,15,18H,9-10,17H2. The maximum Gasteiger partial charge on any atom is 0.123 e. The third kappa shape index (κ3) is 3.77. The van der Waals surface area contributed by atoms with Crippen molar-refractivity contribution in [3.63, 3.8) is 0 Å². The molecule has 4 heteroatoms. The topological polar surface area (TPSA) is 55.5 Å². The van der Waals surface area contributed by atoms with Gasteiger partial charge in [-0.25, -0.2) is 4.39 Å². The van der Waals surface area contributed by atoms with Crippen LogP contribution in [0.15, 0.2) is 48.5 Å². The van der Waals surface area contributed by atoms with Crippen LogP contribution in [0.2, 0.25) is 0 Å². The fraction of sp³-hybridized carbons (Fsp3) is 0.200. The Morgan fingerprint density at radius 1 is 1.16 bits per heavy atom. The van der Waals surface area contributed by atoms with Gasteiger partial charge in [0.05, 0.1) is 6.10 Å².